The molecule has 2 aromatic rings. The van der Waals surface area contributed by atoms with Crippen molar-refractivity contribution < 1.29 is 5.11 Å². The minimum atomic E-state index is 0.216. The molecule has 102 valence electrons. The number of hydrogen-bond acceptors (Lipinski definition) is 3. The first kappa shape index (κ1) is 13.8. The number of aromatic nitrogens is 2. The van der Waals surface area contributed by atoms with E-state index >= 15 is 0 Å². The fraction of sp³-hybridized carbons (Fsp3) is 0.400. The van der Waals surface area contributed by atoms with E-state index < -0.39 is 0 Å². The van der Waals surface area contributed by atoms with Crippen LogP contribution in [0.4, 0.5) is 0 Å². The van der Waals surface area contributed by atoms with Gasteiger partial charge < -0.3 is 10.4 Å². The van der Waals surface area contributed by atoms with Gasteiger partial charge in [-0.25, -0.2) is 0 Å². The maximum absolute atomic E-state index is 9.18. The van der Waals surface area contributed by atoms with E-state index in [2.05, 4.69) is 22.5 Å². The van der Waals surface area contributed by atoms with Crippen LogP contribution in [0.1, 0.15) is 23.5 Å². The zero-order valence-electron chi connectivity index (χ0n) is 11.3. The molecule has 1 aromatic carbocycles. The highest BCUT2D eigenvalue weighted by molar-refractivity contribution is 5.20. The quantitative estimate of drug-likeness (QED) is 0.795. The van der Waals surface area contributed by atoms with Gasteiger partial charge in [0.25, 0.3) is 0 Å². The Morgan fingerprint density at radius 1 is 1.32 bits per heavy atom. The van der Waals surface area contributed by atoms with Gasteiger partial charge in [0.05, 0.1) is 6.20 Å². The lowest BCUT2D eigenvalue weighted by Crippen LogP contribution is -2.22. The van der Waals surface area contributed by atoms with Crippen molar-refractivity contribution in [1.82, 2.24) is 15.1 Å². The van der Waals surface area contributed by atoms with Crippen molar-refractivity contribution in [2.75, 3.05) is 13.2 Å². The largest absolute Gasteiger partial charge is 0.396 e. The Balaban J connectivity index is 1.87. The van der Waals surface area contributed by atoms with Gasteiger partial charge in [-0.2, -0.15) is 5.10 Å². The second kappa shape index (κ2) is 7.07. The number of aliphatic hydroxyl groups is 1. The Kier molecular flexibility index (Phi) is 5.12. The van der Waals surface area contributed by atoms with Gasteiger partial charge in [0.1, 0.15) is 0 Å². The van der Waals surface area contributed by atoms with Crippen molar-refractivity contribution in [3.8, 4) is 0 Å². The van der Waals surface area contributed by atoms with Crippen LogP contribution in [0.25, 0.3) is 0 Å². The lowest BCUT2D eigenvalue weighted by Gasteiger charge is -2.16. The number of aliphatic hydroxyl groups excluding tert-OH is 1. The Morgan fingerprint density at radius 2 is 2.11 bits per heavy atom. The van der Waals surface area contributed by atoms with E-state index in [0.717, 1.165) is 19.5 Å². The Morgan fingerprint density at radius 3 is 2.74 bits per heavy atom. The monoisotopic (exact) mass is 259 g/mol. The molecule has 2 rings (SSSR count). The van der Waals surface area contributed by atoms with Crippen LogP contribution in [0.15, 0.2) is 42.7 Å². The zero-order chi connectivity index (χ0) is 13.5. The minimum absolute atomic E-state index is 0.216. The number of rotatable bonds is 7. The molecule has 1 aromatic heterocycles. The SMILES string of the molecule is Cn1cc(CNCC(CCO)c2ccccc2)cn1. The van der Waals surface area contributed by atoms with E-state index in [4.69, 9.17) is 0 Å². The predicted octanol–water partition coefficient (Wildman–Crippen LogP) is 1.68. The molecular formula is C15H21N3O. The summed E-state index contributed by atoms with van der Waals surface area (Å²) < 4.78 is 1.80. The lowest BCUT2D eigenvalue weighted by molar-refractivity contribution is 0.273. The van der Waals surface area contributed by atoms with Gasteiger partial charge in [0, 0.05) is 38.5 Å². The fourth-order valence-corrected chi connectivity index (χ4v) is 2.22. The highest BCUT2D eigenvalue weighted by Gasteiger charge is 2.10. The van der Waals surface area contributed by atoms with Gasteiger partial charge in [-0.3, -0.25) is 4.68 Å². The van der Waals surface area contributed by atoms with Crippen molar-refractivity contribution in [3.05, 3.63) is 53.9 Å². The third-order valence-corrected chi connectivity index (χ3v) is 3.23. The first-order chi connectivity index (χ1) is 9.29. The molecule has 0 aliphatic carbocycles. The van der Waals surface area contributed by atoms with Crippen LogP contribution < -0.4 is 5.32 Å². The molecule has 0 fully saturated rings. The number of benzene rings is 1. The predicted molar refractivity (Wildman–Crippen MR) is 75.8 cm³/mol. The van der Waals surface area contributed by atoms with Crippen LogP contribution in [0.5, 0.6) is 0 Å². The van der Waals surface area contributed by atoms with Crippen molar-refractivity contribution in [1.29, 1.82) is 0 Å². The smallest absolute Gasteiger partial charge is 0.0534 e. The molecule has 1 unspecified atom stereocenters. The van der Waals surface area contributed by atoms with Gasteiger partial charge >= 0.3 is 0 Å². The van der Waals surface area contributed by atoms with Gasteiger partial charge in [0.15, 0.2) is 0 Å². The average Bonchev–Trinajstić information content (AvgIpc) is 2.84. The summed E-state index contributed by atoms with van der Waals surface area (Å²) in [4.78, 5) is 0. The van der Waals surface area contributed by atoms with Gasteiger partial charge in [-0.15, -0.1) is 0 Å². The molecule has 2 N–H and O–H groups in total. The molecule has 4 heteroatoms. The van der Waals surface area contributed by atoms with Crippen molar-refractivity contribution in [2.24, 2.45) is 7.05 Å². The number of aryl methyl sites for hydroxylation is 1. The molecule has 0 aliphatic rings. The summed E-state index contributed by atoms with van der Waals surface area (Å²) in [6.45, 7) is 1.89. The summed E-state index contributed by atoms with van der Waals surface area (Å²) >= 11 is 0. The number of hydrogen-bond donors (Lipinski definition) is 2. The number of nitrogens with one attached hydrogen (secondary N) is 1. The first-order valence-electron chi connectivity index (χ1n) is 6.63. The van der Waals surface area contributed by atoms with E-state index in [1.807, 2.05) is 37.6 Å². The summed E-state index contributed by atoms with van der Waals surface area (Å²) in [5.41, 5.74) is 2.45. The second-order valence-electron chi connectivity index (χ2n) is 4.77. The van der Waals surface area contributed by atoms with E-state index in [-0.39, 0.29) is 6.61 Å². The highest BCUT2D eigenvalue weighted by atomic mass is 16.3. The van der Waals surface area contributed by atoms with Crippen molar-refractivity contribution in [2.45, 2.75) is 18.9 Å². The molecule has 0 saturated heterocycles. The molecule has 0 aliphatic heterocycles. The Hall–Kier alpha value is -1.65. The Labute approximate surface area is 114 Å². The average molecular weight is 259 g/mol. The molecule has 1 heterocycles. The molecule has 19 heavy (non-hydrogen) atoms. The third kappa shape index (κ3) is 4.19. The van der Waals surface area contributed by atoms with E-state index in [1.165, 1.54) is 11.1 Å². The third-order valence-electron chi connectivity index (χ3n) is 3.23. The molecule has 1 atom stereocenters. The van der Waals surface area contributed by atoms with Crippen molar-refractivity contribution in [3.63, 3.8) is 0 Å². The topological polar surface area (TPSA) is 50.1 Å². The van der Waals surface area contributed by atoms with Crippen LogP contribution in [-0.4, -0.2) is 28.0 Å². The molecule has 0 amide bonds. The van der Waals surface area contributed by atoms with Crippen LogP contribution in [0.2, 0.25) is 0 Å². The lowest BCUT2D eigenvalue weighted by atomic mass is 9.96. The van der Waals surface area contributed by atoms with Gasteiger partial charge in [-0.1, -0.05) is 30.3 Å². The van der Waals surface area contributed by atoms with Crippen LogP contribution in [-0.2, 0) is 13.6 Å². The highest BCUT2D eigenvalue weighted by Crippen LogP contribution is 2.18. The van der Waals surface area contributed by atoms with Crippen LogP contribution >= 0.6 is 0 Å². The fourth-order valence-electron chi connectivity index (χ4n) is 2.22. The van der Waals surface area contributed by atoms with Crippen LogP contribution in [0, 0.1) is 0 Å². The molecule has 0 saturated carbocycles. The summed E-state index contributed by atoms with van der Waals surface area (Å²) in [6, 6.07) is 10.3. The minimum Gasteiger partial charge on any atom is -0.396 e. The van der Waals surface area contributed by atoms with Crippen LogP contribution in [0.3, 0.4) is 0 Å². The standard InChI is InChI=1S/C15H21N3O/c1-18-12-13(10-17-18)9-16-11-15(7-8-19)14-5-3-2-4-6-14/h2-6,10,12,15-16,19H,7-9,11H2,1H3. The second-order valence-corrected chi connectivity index (χ2v) is 4.77. The van der Waals surface area contributed by atoms with E-state index in [0.29, 0.717) is 5.92 Å². The molecule has 0 radical (unpaired) electrons. The summed E-state index contributed by atoms with van der Waals surface area (Å²) in [5.74, 6) is 0.350. The zero-order valence-corrected chi connectivity index (χ0v) is 11.3. The molecule has 0 bridgehead atoms. The van der Waals surface area contributed by atoms with Gasteiger partial charge in [0.2, 0.25) is 0 Å². The maximum atomic E-state index is 9.18. The molecule has 0 spiro atoms. The normalized spacial score (nSPS) is 12.5. The van der Waals surface area contributed by atoms with E-state index in [1.54, 1.807) is 4.68 Å². The summed E-state index contributed by atoms with van der Waals surface area (Å²) in [5, 5.41) is 16.8. The Bertz CT molecular complexity index is 481. The summed E-state index contributed by atoms with van der Waals surface area (Å²) in [6.07, 6.45) is 4.66. The van der Waals surface area contributed by atoms with Gasteiger partial charge in [-0.05, 0) is 17.9 Å². The number of nitrogens with zero attached hydrogens (tertiary/aromatic N) is 2. The maximum Gasteiger partial charge on any atom is 0.0534 e. The van der Waals surface area contributed by atoms with Crippen molar-refractivity contribution >= 4 is 0 Å². The summed E-state index contributed by atoms with van der Waals surface area (Å²) in [7, 11) is 1.92. The first-order valence-corrected chi connectivity index (χ1v) is 6.63. The molecular weight excluding hydrogens is 238 g/mol. The van der Waals surface area contributed by atoms with E-state index in [9.17, 15) is 5.11 Å². The molecule has 4 nitrogen and oxygen atoms in total.